The molecule has 7 nitrogen and oxygen atoms in total. The second kappa shape index (κ2) is 5.74. The molecule has 0 spiro atoms. The molecular formula is C12H14FN5O2. The molecule has 1 aromatic carbocycles. The standard InChI is InChI=1S/C12H14FN5O2/c1-2-5-17-11(7-14)15-16-12(17)9-4-3-8(18(19)20)6-10(9)13/h3-4,6H,2,5,7,14H2,1H3. The highest BCUT2D eigenvalue weighted by Gasteiger charge is 2.18. The van der Waals surface area contributed by atoms with Crippen LogP contribution in [0.2, 0.25) is 0 Å². The quantitative estimate of drug-likeness (QED) is 0.665. The van der Waals surface area contributed by atoms with Crippen molar-refractivity contribution in [1.29, 1.82) is 0 Å². The van der Waals surface area contributed by atoms with Crippen molar-refractivity contribution < 1.29 is 9.31 Å². The van der Waals surface area contributed by atoms with Crippen LogP contribution >= 0.6 is 0 Å². The second-order valence-electron chi connectivity index (χ2n) is 4.22. The maximum atomic E-state index is 14.0. The van der Waals surface area contributed by atoms with Crippen molar-refractivity contribution in [3.63, 3.8) is 0 Å². The third-order valence-electron chi connectivity index (χ3n) is 2.86. The van der Waals surface area contributed by atoms with Crippen molar-refractivity contribution in [2.45, 2.75) is 26.4 Å². The lowest BCUT2D eigenvalue weighted by atomic mass is 10.1. The molecule has 2 N–H and O–H groups in total. The van der Waals surface area contributed by atoms with Gasteiger partial charge in [-0.05, 0) is 12.5 Å². The number of rotatable bonds is 5. The van der Waals surface area contributed by atoms with E-state index in [1.165, 1.54) is 12.1 Å². The third-order valence-corrected chi connectivity index (χ3v) is 2.86. The predicted molar refractivity (Wildman–Crippen MR) is 70.3 cm³/mol. The fourth-order valence-corrected chi connectivity index (χ4v) is 1.94. The van der Waals surface area contributed by atoms with Gasteiger partial charge in [0.05, 0.1) is 23.1 Å². The summed E-state index contributed by atoms with van der Waals surface area (Å²) in [7, 11) is 0. The van der Waals surface area contributed by atoms with Gasteiger partial charge in [0.15, 0.2) is 5.82 Å². The highest BCUT2D eigenvalue weighted by molar-refractivity contribution is 5.59. The van der Waals surface area contributed by atoms with E-state index in [4.69, 9.17) is 5.73 Å². The number of hydrogen-bond acceptors (Lipinski definition) is 5. The van der Waals surface area contributed by atoms with Gasteiger partial charge in [-0.3, -0.25) is 10.1 Å². The Balaban J connectivity index is 2.51. The van der Waals surface area contributed by atoms with E-state index in [0.29, 0.717) is 18.2 Å². The minimum atomic E-state index is -0.701. The van der Waals surface area contributed by atoms with Crippen LogP contribution in [-0.4, -0.2) is 19.7 Å². The van der Waals surface area contributed by atoms with Crippen LogP contribution < -0.4 is 5.73 Å². The van der Waals surface area contributed by atoms with Gasteiger partial charge in [-0.15, -0.1) is 10.2 Å². The molecule has 1 aromatic heterocycles. The first kappa shape index (κ1) is 14.1. The minimum Gasteiger partial charge on any atom is -0.324 e. The Morgan fingerprint density at radius 3 is 2.75 bits per heavy atom. The zero-order valence-electron chi connectivity index (χ0n) is 10.9. The van der Waals surface area contributed by atoms with Gasteiger partial charge >= 0.3 is 0 Å². The maximum Gasteiger partial charge on any atom is 0.272 e. The van der Waals surface area contributed by atoms with Crippen LogP contribution in [-0.2, 0) is 13.1 Å². The molecule has 1 heterocycles. The van der Waals surface area contributed by atoms with Gasteiger partial charge in [-0.2, -0.15) is 0 Å². The number of nitro benzene ring substituents is 1. The van der Waals surface area contributed by atoms with Crippen LogP contribution in [0.15, 0.2) is 18.2 Å². The Morgan fingerprint density at radius 1 is 1.45 bits per heavy atom. The Labute approximate surface area is 114 Å². The Hall–Kier alpha value is -2.35. The smallest absolute Gasteiger partial charge is 0.272 e. The molecule has 20 heavy (non-hydrogen) atoms. The van der Waals surface area contributed by atoms with E-state index in [0.717, 1.165) is 12.5 Å². The summed E-state index contributed by atoms with van der Waals surface area (Å²) in [5.41, 5.74) is 5.45. The van der Waals surface area contributed by atoms with Crippen molar-refractivity contribution >= 4 is 5.69 Å². The van der Waals surface area contributed by atoms with Crippen LogP contribution in [0.5, 0.6) is 0 Å². The number of benzene rings is 1. The molecule has 0 amide bonds. The zero-order chi connectivity index (χ0) is 14.7. The van der Waals surface area contributed by atoms with Gasteiger partial charge in [0.1, 0.15) is 11.6 Å². The summed E-state index contributed by atoms with van der Waals surface area (Å²) in [6.07, 6.45) is 0.812. The molecule has 8 heteroatoms. The first-order chi connectivity index (χ1) is 9.58. The molecule has 106 valence electrons. The lowest BCUT2D eigenvalue weighted by Crippen LogP contribution is -2.09. The van der Waals surface area contributed by atoms with Crippen molar-refractivity contribution in [1.82, 2.24) is 14.8 Å². The number of aromatic nitrogens is 3. The summed E-state index contributed by atoms with van der Waals surface area (Å²) in [6.45, 7) is 2.77. The normalized spacial score (nSPS) is 10.8. The average Bonchev–Trinajstić information content (AvgIpc) is 2.82. The van der Waals surface area contributed by atoms with E-state index in [-0.39, 0.29) is 17.8 Å². The number of nitrogens with zero attached hydrogens (tertiary/aromatic N) is 4. The number of non-ortho nitro benzene ring substituents is 1. The van der Waals surface area contributed by atoms with Crippen LogP contribution in [0.1, 0.15) is 19.2 Å². The predicted octanol–water partition coefficient (Wildman–Crippen LogP) is 1.86. The van der Waals surface area contributed by atoms with Crippen LogP contribution in [0.3, 0.4) is 0 Å². The molecule has 0 atom stereocenters. The van der Waals surface area contributed by atoms with Gasteiger partial charge < -0.3 is 10.3 Å². The van der Waals surface area contributed by atoms with E-state index in [1.807, 2.05) is 6.92 Å². The van der Waals surface area contributed by atoms with E-state index in [2.05, 4.69) is 10.2 Å². The highest BCUT2D eigenvalue weighted by Crippen LogP contribution is 2.25. The molecule has 2 rings (SSSR count). The molecule has 0 bridgehead atoms. The van der Waals surface area contributed by atoms with E-state index < -0.39 is 10.7 Å². The summed E-state index contributed by atoms with van der Waals surface area (Å²) in [5.74, 6) is 0.187. The Kier molecular flexibility index (Phi) is 4.04. The molecule has 0 radical (unpaired) electrons. The molecule has 0 unspecified atom stereocenters. The first-order valence-electron chi connectivity index (χ1n) is 6.15. The van der Waals surface area contributed by atoms with Gasteiger partial charge in [0.25, 0.3) is 5.69 Å². The van der Waals surface area contributed by atoms with Gasteiger partial charge in [-0.25, -0.2) is 4.39 Å². The topological polar surface area (TPSA) is 99.9 Å². The monoisotopic (exact) mass is 279 g/mol. The van der Waals surface area contributed by atoms with Crippen molar-refractivity contribution in [2.75, 3.05) is 0 Å². The Bertz CT molecular complexity index is 641. The van der Waals surface area contributed by atoms with Crippen LogP contribution in [0, 0.1) is 15.9 Å². The SMILES string of the molecule is CCCn1c(CN)nnc1-c1ccc([N+](=O)[O-])cc1F. The number of nitro groups is 1. The number of nitrogens with two attached hydrogens (primary N) is 1. The molecule has 0 saturated carbocycles. The van der Waals surface area contributed by atoms with Crippen molar-refractivity contribution in [2.24, 2.45) is 5.73 Å². The summed E-state index contributed by atoms with van der Waals surface area (Å²) >= 11 is 0. The lowest BCUT2D eigenvalue weighted by molar-refractivity contribution is -0.385. The van der Waals surface area contributed by atoms with Gasteiger partial charge in [0, 0.05) is 12.6 Å². The fourth-order valence-electron chi connectivity index (χ4n) is 1.94. The van der Waals surface area contributed by atoms with E-state index >= 15 is 0 Å². The molecule has 0 saturated heterocycles. The Morgan fingerprint density at radius 2 is 2.20 bits per heavy atom. The van der Waals surface area contributed by atoms with Gasteiger partial charge in [-0.1, -0.05) is 6.92 Å². The second-order valence-corrected chi connectivity index (χ2v) is 4.22. The molecule has 0 fully saturated rings. The van der Waals surface area contributed by atoms with E-state index in [1.54, 1.807) is 4.57 Å². The lowest BCUT2D eigenvalue weighted by Gasteiger charge is -2.08. The summed E-state index contributed by atoms with van der Waals surface area (Å²) in [4.78, 5) is 9.97. The average molecular weight is 279 g/mol. The fraction of sp³-hybridized carbons (Fsp3) is 0.333. The summed E-state index contributed by atoms with van der Waals surface area (Å²) in [6, 6.07) is 3.46. The summed E-state index contributed by atoms with van der Waals surface area (Å²) in [5, 5.41) is 18.5. The van der Waals surface area contributed by atoms with Crippen molar-refractivity contribution in [3.8, 4) is 11.4 Å². The largest absolute Gasteiger partial charge is 0.324 e. The molecule has 0 aliphatic rings. The number of halogens is 1. The maximum absolute atomic E-state index is 14.0. The van der Waals surface area contributed by atoms with Gasteiger partial charge in [0.2, 0.25) is 0 Å². The molecule has 2 aromatic rings. The molecule has 0 aliphatic heterocycles. The van der Waals surface area contributed by atoms with Crippen LogP contribution in [0.4, 0.5) is 10.1 Å². The third kappa shape index (κ3) is 2.50. The highest BCUT2D eigenvalue weighted by atomic mass is 19.1. The van der Waals surface area contributed by atoms with Crippen LogP contribution in [0.25, 0.3) is 11.4 Å². The minimum absolute atomic E-state index is 0.177. The van der Waals surface area contributed by atoms with E-state index in [9.17, 15) is 14.5 Å². The molecule has 0 aliphatic carbocycles. The molecular weight excluding hydrogens is 265 g/mol. The zero-order valence-corrected chi connectivity index (χ0v) is 10.9. The summed E-state index contributed by atoms with van der Waals surface area (Å²) < 4.78 is 15.7. The van der Waals surface area contributed by atoms with Crippen molar-refractivity contribution in [3.05, 3.63) is 40.0 Å². The number of hydrogen-bond donors (Lipinski definition) is 1. The first-order valence-corrected chi connectivity index (χ1v) is 6.15.